The second-order valence-electron chi connectivity index (χ2n) is 5.16. The van der Waals surface area contributed by atoms with Crippen LogP contribution in [0.25, 0.3) is 0 Å². The van der Waals surface area contributed by atoms with Gasteiger partial charge in [-0.05, 0) is 29.5 Å². The highest BCUT2D eigenvalue weighted by molar-refractivity contribution is 5.39. The van der Waals surface area contributed by atoms with Gasteiger partial charge in [-0.1, -0.05) is 26.0 Å². The average Bonchev–Trinajstić information content (AvgIpc) is 2.40. The van der Waals surface area contributed by atoms with Crippen LogP contribution in [-0.4, -0.2) is 32.9 Å². The van der Waals surface area contributed by atoms with E-state index in [-0.39, 0.29) is 0 Å². The summed E-state index contributed by atoms with van der Waals surface area (Å²) in [6.45, 7) is 6.99. The third-order valence-corrected chi connectivity index (χ3v) is 3.40. The van der Waals surface area contributed by atoms with Gasteiger partial charge in [0.15, 0.2) is 0 Å². The average molecular weight is 249 g/mol. The van der Waals surface area contributed by atoms with Gasteiger partial charge in [0.2, 0.25) is 0 Å². The van der Waals surface area contributed by atoms with Crippen LogP contribution in [0.2, 0.25) is 0 Å². The number of morpholine rings is 1. The molecule has 1 aromatic rings. The van der Waals surface area contributed by atoms with Crippen LogP contribution >= 0.6 is 0 Å². The van der Waals surface area contributed by atoms with E-state index >= 15 is 0 Å². The molecule has 3 nitrogen and oxygen atoms in total. The van der Waals surface area contributed by atoms with Crippen molar-refractivity contribution in [3.63, 3.8) is 0 Å². The first kappa shape index (κ1) is 13.4. The van der Waals surface area contributed by atoms with E-state index in [1.54, 1.807) is 7.11 Å². The Labute approximate surface area is 109 Å². The predicted molar refractivity (Wildman–Crippen MR) is 73.4 cm³/mol. The minimum atomic E-state index is 0.437. The molecular formula is C15H23NO2. The first-order chi connectivity index (χ1) is 8.70. The Morgan fingerprint density at radius 1 is 1.44 bits per heavy atom. The van der Waals surface area contributed by atoms with E-state index in [9.17, 15) is 0 Å². The molecule has 0 aromatic heterocycles. The fourth-order valence-electron chi connectivity index (χ4n) is 2.40. The maximum atomic E-state index is 5.49. The zero-order valence-corrected chi connectivity index (χ0v) is 11.5. The van der Waals surface area contributed by atoms with Gasteiger partial charge >= 0.3 is 0 Å². The van der Waals surface area contributed by atoms with Gasteiger partial charge in [0.1, 0.15) is 5.75 Å². The summed E-state index contributed by atoms with van der Waals surface area (Å²) < 4.78 is 10.9. The molecule has 1 saturated heterocycles. The number of nitrogens with one attached hydrogen (secondary N) is 1. The van der Waals surface area contributed by atoms with Gasteiger partial charge in [-0.15, -0.1) is 0 Å². The number of hydrogen-bond acceptors (Lipinski definition) is 3. The van der Waals surface area contributed by atoms with E-state index in [1.165, 1.54) is 11.1 Å². The highest BCUT2D eigenvalue weighted by Crippen LogP contribution is 2.27. The molecule has 1 aromatic carbocycles. The number of ether oxygens (including phenoxy) is 2. The van der Waals surface area contributed by atoms with Crippen LogP contribution < -0.4 is 10.1 Å². The molecule has 1 atom stereocenters. The summed E-state index contributed by atoms with van der Waals surface area (Å²) >= 11 is 0. The first-order valence-corrected chi connectivity index (χ1v) is 6.68. The summed E-state index contributed by atoms with van der Waals surface area (Å²) in [5.41, 5.74) is 2.63. The van der Waals surface area contributed by atoms with Crippen LogP contribution in [0.3, 0.4) is 0 Å². The number of methoxy groups -OCH3 is 1. The second-order valence-corrected chi connectivity index (χ2v) is 5.16. The molecule has 18 heavy (non-hydrogen) atoms. The molecular weight excluding hydrogens is 226 g/mol. The maximum absolute atomic E-state index is 5.49. The fraction of sp³-hybridized carbons (Fsp3) is 0.600. The van der Waals surface area contributed by atoms with Crippen LogP contribution in [0, 0.1) is 0 Å². The third-order valence-electron chi connectivity index (χ3n) is 3.40. The smallest absolute Gasteiger partial charge is 0.122 e. The van der Waals surface area contributed by atoms with E-state index < -0.39 is 0 Å². The summed E-state index contributed by atoms with van der Waals surface area (Å²) in [7, 11) is 1.73. The highest BCUT2D eigenvalue weighted by Gasteiger charge is 2.15. The number of hydrogen-bond donors (Lipinski definition) is 1. The van der Waals surface area contributed by atoms with E-state index in [0.29, 0.717) is 12.0 Å². The molecule has 1 N–H and O–H groups in total. The molecule has 3 heteroatoms. The van der Waals surface area contributed by atoms with Crippen molar-refractivity contribution in [2.45, 2.75) is 32.2 Å². The zero-order chi connectivity index (χ0) is 13.0. The summed E-state index contributed by atoms with van der Waals surface area (Å²) in [6.07, 6.45) is 1.02. The van der Waals surface area contributed by atoms with Crippen molar-refractivity contribution in [1.82, 2.24) is 5.32 Å². The highest BCUT2D eigenvalue weighted by atomic mass is 16.5. The van der Waals surface area contributed by atoms with Crippen LogP contribution in [0.1, 0.15) is 30.9 Å². The lowest BCUT2D eigenvalue weighted by atomic mass is 9.96. The summed E-state index contributed by atoms with van der Waals surface area (Å²) in [4.78, 5) is 0. The summed E-state index contributed by atoms with van der Waals surface area (Å²) in [5, 5.41) is 3.49. The molecule has 0 aliphatic carbocycles. The van der Waals surface area contributed by atoms with Crippen LogP contribution in [0.5, 0.6) is 5.75 Å². The van der Waals surface area contributed by atoms with Crippen molar-refractivity contribution in [1.29, 1.82) is 0 Å². The molecule has 1 heterocycles. The Hall–Kier alpha value is -1.06. The Morgan fingerprint density at radius 3 is 2.89 bits per heavy atom. The second kappa shape index (κ2) is 6.21. The minimum absolute atomic E-state index is 0.437. The molecule has 2 rings (SSSR count). The Bertz CT molecular complexity index is 384. The summed E-state index contributed by atoms with van der Waals surface area (Å²) in [5.74, 6) is 1.47. The van der Waals surface area contributed by atoms with Gasteiger partial charge in [0.25, 0.3) is 0 Å². The molecule has 0 bridgehead atoms. The molecule has 0 radical (unpaired) electrons. The minimum Gasteiger partial charge on any atom is -0.496 e. The number of benzene rings is 1. The van der Waals surface area contributed by atoms with Crippen LogP contribution in [0.4, 0.5) is 0 Å². The molecule has 100 valence electrons. The first-order valence-electron chi connectivity index (χ1n) is 6.68. The molecule has 0 saturated carbocycles. The largest absolute Gasteiger partial charge is 0.496 e. The van der Waals surface area contributed by atoms with Gasteiger partial charge in [-0.2, -0.15) is 0 Å². The lowest BCUT2D eigenvalue weighted by molar-refractivity contribution is 0.0770. The van der Waals surface area contributed by atoms with Crippen molar-refractivity contribution in [3.8, 4) is 5.75 Å². The SMILES string of the molecule is COc1ccc(CC2COCCN2)cc1C(C)C. The molecule has 1 aliphatic rings. The lowest BCUT2D eigenvalue weighted by Crippen LogP contribution is -2.42. The van der Waals surface area contributed by atoms with E-state index in [0.717, 1.165) is 31.9 Å². The topological polar surface area (TPSA) is 30.5 Å². The molecule has 1 fully saturated rings. The van der Waals surface area contributed by atoms with Crippen molar-refractivity contribution in [3.05, 3.63) is 29.3 Å². The van der Waals surface area contributed by atoms with Crippen molar-refractivity contribution >= 4 is 0 Å². The van der Waals surface area contributed by atoms with Gasteiger partial charge in [-0.3, -0.25) is 0 Å². The molecule has 0 spiro atoms. The molecule has 0 amide bonds. The number of rotatable bonds is 4. The monoisotopic (exact) mass is 249 g/mol. The predicted octanol–water partition coefficient (Wildman–Crippen LogP) is 2.35. The van der Waals surface area contributed by atoms with Crippen molar-refractivity contribution in [2.24, 2.45) is 0 Å². The van der Waals surface area contributed by atoms with Gasteiger partial charge in [-0.25, -0.2) is 0 Å². The quantitative estimate of drug-likeness (QED) is 0.888. The Balaban J connectivity index is 2.10. The van der Waals surface area contributed by atoms with E-state index in [1.807, 2.05) is 0 Å². The Kier molecular flexibility index (Phi) is 4.61. The zero-order valence-electron chi connectivity index (χ0n) is 11.5. The van der Waals surface area contributed by atoms with Gasteiger partial charge in [0, 0.05) is 12.6 Å². The Morgan fingerprint density at radius 2 is 2.28 bits per heavy atom. The maximum Gasteiger partial charge on any atom is 0.122 e. The molecule has 1 aliphatic heterocycles. The van der Waals surface area contributed by atoms with Crippen molar-refractivity contribution < 1.29 is 9.47 Å². The lowest BCUT2D eigenvalue weighted by Gasteiger charge is -2.24. The summed E-state index contributed by atoms with van der Waals surface area (Å²) in [6, 6.07) is 6.93. The van der Waals surface area contributed by atoms with E-state index in [2.05, 4.69) is 37.4 Å². The normalized spacial score (nSPS) is 20.1. The van der Waals surface area contributed by atoms with Gasteiger partial charge < -0.3 is 14.8 Å². The van der Waals surface area contributed by atoms with Crippen LogP contribution in [0.15, 0.2) is 18.2 Å². The van der Waals surface area contributed by atoms with Crippen LogP contribution in [-0.2, 0) is 11.2 Å². The standard InChI is InChI=1S/C15H23NO2/c1-11(2)14-9-12(4-5-15(14)17-3)8-13-10-18-7-6-16-13/h4-5,9,11,13,16H,6-8,10H2,1-3H3. The fourth-order valence-corrected chi connectivity index (χ4v) is 2.40. The molecule has 1 unspecified atom stereocenters. The van der Waals surface area contributed by atoms with Crippen molar-refractivity contribution in [2.75, 3.05) is 26.9 Å². The third kappa shape index (κ3) is 3.24. The van der Waals surface area contributed by atoms with Gasteiger partial charge in [0.05, 0.1) is 20.3 Å². The van der Waals surface area contributed by atoms with E-state index in [4.69, 9.17) is 9.47 Å².